The van der Waals surface area contributed by atoms with Crippen molar-refractivity contribution in [3.05, 3.63) is 106 Å². The molecular formula is C48H55F3N16O7. The Bertz CT molecular complexity index is 2800. The molecule has 26 heteroatoms. The Balaban J connectivity index is 0.000000208. The molecule has 0 spiro atoms. The fraction of sp³-hybridized carbons (Fsp3) is 0.396. The number of hydrogen-bond donors (Lipinski definition) is 6. The lowest BCUT2D eigenvalue weighted by Crippen LogP contribution is -2.48. The van der Waals surface area contributed by atoms with Gasteiger partial charge < -0.3 is 62.2 Å². The van der Waals surface area contributed by atoms with Gasteiger partial charge in [0.1, 0.15) is 0 Å². The Morgan fingerprint density at radius 1 is 0.568 bits per heavy atom. The lowest BCUT2D eigenvalue weighted by Gasteiger charge is -2.33. The minimum Gasteiger partial charge on any atom is -0.378 e. The second-order valence-corrected chi connectivity index (χ2v) is 17.7. The van der Waals surface area contributed by atoms with E-state index in [9.17, 15) is 37.1 Å². The van der Waals surface area contributed by atoms with Crippen molar-refractivity contribution in [2.75, 3.05) is 99.2 Å². The van der Waals surface area contributed by atoms with Gasteiger partial charge in [-0.25, -0.2) is 0 Å². The summed E-state index contributed by atoms with van der Waals surface area (Å²) in [5, 5.41) is 25.0. The molecule has 6 heterocycles. The van der Waals surface area contributed by atoms with Gasteiger partial charge in [-0.1, -0.05) is 0 Å². The number of aromatic nitrogens is 6. The summed E-state index contributed by atoms with van der Waals surface area (Å²) in [5.41, 5.74) is 18.3. The summed E-state index contributed by atoms with van der Waals surface area (Å²) < 4.78 is 49.2. The third kappa shape index (κ3) is 13.3. The molecule has 4 fully saturated rings. The zero-order valence-corrected chi connectivity index (χ0v) is 40.1. The van der Waals surface area contributed by atoms with Crippen LogP contribution >= 0.6 is 0 Å². The summed E-state index contributed by atoms with van der Waals surface area (Å²) in [6.07, 6.45) is -1.31. The van der Waals surface area contributed by atoms with Gasteiger partial charge >= 0.3 is 6.18 Å². The highest BCUT2D eigenvalue weighted by molar-refractivity contribution is 5.98. The summed E-state index contributed by atoms with van der Waals surface area (Å²) in [5.74, 6) is -1.35. The number of nitrogens with two attached hydrogens (primary N) is 3. The molecule has 9 rings (SSSR count). The van der Waals surface area contributed by atoms with Crippen molar-refractivity contribution in [2.45, 2.75) is 43.9 Å². The fourth-order valence-corrected chi connectivity index (χ4v) is 8.52. The van der Waals surface area contributed by atoms with Gasteiger partial charge in [0.05, 0.1) is 32.0 Å². The van der Waals surface area contributed by atoms with Crippen molar-refractivity contribution >= 4 is 64.4 Å². The first-order chi connectivity index (χ1) is 35.6. The van der Waals surface area contributed by atoms with Crippen LogP contribution < -0.4 is 43.0 Å². The number of piperidine rings is 2. The van der Waals surface area contributed by atoms with E-state index in [-0.39, 0.29) is 58.4 Å². The van der Waals surface area contributed by atoms with Gasteiger partial charge in [-0.05, 0) is 98.5 Å². The summed E-state index contributed by atoms with van der Waals surface area (Å²) in [7, 11) is 0. The monoisotopic (exact) mass is 1020 g/mol. The molecule has 2 aromatic heterocycles. The number of carbonyl (C=O) groups is 5. The van der Waals surface area contributed by atoms with Crippen molar-refractivity contribution in [1.82, 2.24) is 45.5 Å². The number of amides is 5. The van der Waals surface area contributed by atoms with E-state index in [0.29, 0.717) is 114 Å². The summed E-state index contributed by atoms with van der Waals surface area (Å²) >= 11 is 0. The summed E-state index contributed by atoms with van der Waals surface area (Å²) in [6, 6.07) is 17.3. The third-order valence-electron chi connectivity index (χ3n) is 12.5. The molecule has 0 radical (unpaired) electrons. The van der Waals surface area contributed by atoms with Crippen molar-refractivity contribution < 1.29 is 46.6 Å². The average molecular weight is 1030 g/mol. The van der Waals surface area contributed by atoms with E-state index >= 15 is 0 Å². The number of nitrogens with one attached hydrogen (secondary N) is 3. The van der Waals surface area contributed by atoms with E-state index in [1.807, 2.05) is 4.90 Å². The quantitative estimate of drug-likeness (QED) is 0.105. The predicted octanol–water partition coefficient (Wildman–Crippen LogP) is 2.72. The van der Waals surface area contributed by atoms with Crippen LogP contribution in [0.2, 0.25) is 0 Å². The Labute approximate surface area is 422 Å². The van der Waals surface area contributed by atoms with Crippen molar-refractivity contribution in [1.29, 1.82) is 0 Å². The van der Waals surface area contributed by atoms with Gasteiger partial charge in [0, 0.05) is 92.5 Å². The molecule has 4 saturated heterocycles. The standard InChI is InChI=1S/C28H29F3N8O4.C20H26N8O3/c29-28(30,31)19-7-3-17(4-8-19)25(41)34-21-2-1-11-39(16-21)27-35-24(22(23(32)40)36-37-27)33-20-9-5-18(6-10-20)26(42)38-12-14-43-15-13-38;21-14-2-1-7-28(12-14)20-24-18(16(17(22)29)25-26-20)23-15-5-3-13(4-6-15)19(30)27-8-10-31-11-9-27/h3-10,21H,1-2,11-16H2,(H2,32,40)(H,34,41)(H,33,35,37);3-6,14H,1-2,7-12,21H2,(H2,22,29)(H,23,24,26)/t21-;14-/m11/s1. The van der Waals surface area contributed by atoms with E-state index < -0.39 is 29.5 Å². The molecule has 2 atom stereocenters. The maximum Gasteiger partial charge on any atom is 0.416 e. The predicted molar refractivity (Wildman–Crippen MR) is 263 cm³/mol. The van der Waals surface area contributed by atoms with Gasteiger partial charge in [0.25, 0.3) is 29.5 Å². The van der Waals surface area contributed by atoms with Crippen LogP contribution in [0.3, 0.4) is 0 Å². The highest BCUT2D eigenvalue weighted by Crippen LogP contribution is 2.30. The van der Waals surface area contributed by atoms with Gasteiger partial charge in [0.15, 0.2) is 23.0 Å². The molecule has 0 unspecified atom stereocenters. The van der Waals surface area contributed by atoms with Gasteiger partial charge in [0.2, 0.25) is 11.9 Å². The Morgan fingerprint density at radius 2 is 1.00 bits per heavy atom. The normalized spacial score (nSPS) is 18.1. The number of alkyl halides is 3. The number of primary amides is 2. The number of carbonyl (C=O) groups excluding carboxylic acids is 5. The van der Waals surface area contributed by atoms with Crippen molar-refractivity contribution in [2.24, 2.45) is 17.2 Å². The van der Waals surface area contributed by atoms with Gasteiger partial charge in [-0.3, -0.25) is 24.0 Å². The molecule has 390 valence electrons. The number of benzene rings is 3. The third-order valence-corrected chi connectivity index (χ3v) is 12.5. The van der Waals surface area contributed by atoms with Gasteiger partial charge in [-0.15, -0.1) is 20.4 Å². The molecule has 0 saturated carbocycles. The fourth-order valence-electron chi connectivity index (χ4n) is 8.52. The first-order valence-corrected chi connectivity index (χ1v) is 23.9. The van der Waals surface area contributed by atoms with Crippen LogP contribution in [0.15, 0.2) is 72.8 Å². The Morgan fingerprint density at radius 3 is 1.43 bits per heavy atom. The molecule has 5 amide bonds. The van der Waals surface area contributed by atoms with Gasteiger partial charge in [-0.2, -0.15) is 23.1 Å². The molecule has 4 aliphatic rings. The van der Waals surface area contributed by atoms with Crippen LogP contribution in [-0.4, -0.2) is 161 Å². The van der Waals surface area contributed by atoms with Crippen molar-refractivity contribution in [3.8, 4) is 0 Å². The topological polar surface area (TPSA) is 308 Å². The zero-order chi connectivity index (χ0) is 52.4. The molecule has 0 bridgehead atoms. The van der Waals surface area contributed by atoms with Crippen LogP contribution in [-0.2, 0) is 15.7 Å². The lowest BCUT2D eigenvalue weighted by molar-refractivity contribution is -0.137. The smallest absolute Gasteiger partial charge is 0.378 e. The highest BCUT2D eigenvalue weighted by Gasteiger charge is 2.31. The largest absolute Gasteiger partial charge is 0.416 e. The number of morpholine rings is 2. The van der Waals surface area contributed by atoms with Crippen LogP contribution in [0.25, 0.3) is 0 Å². The van der Waals surface area contributed by atoms with Crippen LogP contribution in [0.5, 0.6) is 0 Å². The Hall–Kier alpha value is -8.10. The van der Waals surface area contributed by atoms with E-state index in [4.69, 9.17) is 26.7 Å². The number of nitrogens with zero attached hydrogens (tertiary/aromatic N) is 10. The molecule has 4 aliphatic heterocycles. The number of ether oxygens (including phenoxy) is 2. The summed E-state index contributed by atoms with van der Waals surface area (Å²) in [4.78, 5) is 78.1. The van der Waals surface area contributed by atoms with E-state index in [0.717, 1.165) is 43.7 Å². The number of halogens is 3. The number of hydrogen-bond acceptors (Lipinski definition) is 18. The van der Waals surface area contributed by atoms with E-state index in [1.54, 1.807) is 63.2 Å². The maximum atomic E-state index is 12.9. The Kier molecular flexibility index (Phi) is 16.7. The van der Waals surface area contributed by atoms with Crippen LogP contribution in [0.4, 0.5) is 48.1 Å². The minimum atomic E-state index is -4.49. The number of rotatable bonds is 12. The molecule has 5 aromatic rings. The maximum absolute atomic E-state index is 12.9. The SMILES string of the molecule is NC(=O)c1nnc(N2CCC[C@@H](N)C2)nc1Nc1ccc(C(=O)N2CCOCC2)cc1.NC(=O)c1nnc(N2CCC[C@@H](NC(=O)c3ccc(C(F)(F)F)cc3)C2)nc1Nc1ccc(C(=O)N2CCOCC2)cc1. The molecule has 3 aromatic carbocycles. The van der Waals surface area contributed by atoms with Crippen LogP contribution in [0, 0.1) is 0 Å². The molecule has 0 aliphatic carbocycles. The lowest BCUT2D eigenvalue weighted by atomic mass is 10.0. The minimum absolute atomic E-state index is 0.0416. The second-order valence-electron chi connectivity index (χ2n) is 17.7. The van der Waals surface area contributed by atoms with E-state index in [2.05, 4.69) is 46.3 Å². The van der Waals surface area contributed by atoms with E-state index in [1.165, 1.54) is 0 Å². The van der Waals surface area contributed by atoms with Crippen molar-refractivity contribution in [3.63, 3.8) is 0 Å². The zero-order valence-electron chi connectivity index (χ0n) is 40.1. The highest BCUT2D eigenvalue weighted by atomic mass is 19.4. The average Bonchev–Trinajstić information content (AvgIpc) is 3.41. The molecule has 74 heavy (non-hydrogen) atoms. The molecule has 9 N–H and O–H groups in total. The molecule has 23 nitrogen and oxygen atoms in total. The first-order valence-electron chi connectivity index (χ1n) is 23.9. The molecular weight excluding hydrogens is 970 g/mol. The summed E-state index contributed by atoms with van der Waals surface area (Å²) in [6.45, 7) is 6.52. The first kappa shape index (κ1) is 52.2. The van der Waals surface area contributed by atoms with Crippen LogP contribution in [0.1, 0.15) is 83.3 Å². The second kappa shape index (κ2) is 23.6. The number of anilines is 6.